The smallest absolute Gasteiger partial charge is 0.266 e. The predicted octanol–water partition coefficient (Wildman–Crippen LogP) is 4.49. The van der Waals surface area contributed by atoms with Gasteiger partial charge in [0.05, 0.1) is 20.9 Å². The van der Waals surface area contributed by atoms with Gasteiger partial charge in [0.15, 0.2) is 0 Å². The second-order valence-electron chi connectivity index (χ2n) is 4.86. The van der Waals surface area contributed by atoms with Gasteiger partial charge in [0.2, 0.25) is 5.13 Å². The Morgan fingerprint density at radius 2 is 2.00 bits per heavy atom. The Balaban J connectivity index is 2.16. The number of nitrogens with zero attached hydrogens (tertiary/aromatic N) is 3. The van der Waals surface area contributed by atoms with Gasteiger partial charge in [0, 0.05) is 0 Å². The Hall–Kier alpha value is -1.43. The zero-order chi connectivity index (χ0) is 15.7. The minimum Gasteiger partial charge on any atom is -0.266 e. The molecule has 1 aromatic carbocycles. The minimum atomic E-state index is -0.439. The van der Waals surface area contributed by atoms with Crippen molar-refractivity contribution in [3.8, 4) is 5.13 Å². The summed E-state index contributed by atoms with van der Waals surface area (Å²) in [6, 6.07) is 7.69. The average Bonchev–Trinajstić information content (AvgIpc) is 2.95. The summed E-state index contributed by atoms with van der Waals surface area (Å²) in [6.45, 7) is 2.08. The maximum Gasteiger partial charge on any atom is 0.293 e. The van der Waals surface area contributed by atoms with Crippen LogP contribution in [0, 0.1) is 0 Å². The van der Waals surface area contributed by atoms with Gasteiger partial charge < -0.3 is 0 Å². The van der Waals surface area contributed by atoms with Crippen LogP contribution in [0.2, 0.25) is 10.0 Å². The van der Waals surface area contributed by atoms with Gasteiger partial charge >= 0.3 is 0 Å². The number of hydrogen-bond acceptors (Lipinski definition) is 4. The fraction of sp³-hybridized carbons (Fsp3) is 0.267. The van der Waals surface area contributed by atoms with Gasteiger partial charge in [-0.2, -0.15) is 9.78 Å². The lowest BCUT2D eigenvalue weighted by atomic mass is 10.2. The molecule has 3 rings (SSSR count). The maximum atomic E-state index is 12.3. The van der Waals surface area contributed by atoms with Crippen molar-refractivity contribution in [3.63, 3.8) is 0 Å². The van der Waals surface area contributed by atoms with E-state index in [4.69, 9.17) is 23.2 Å². The molecule has 114 valence electrons. The summed E-state index contributed by atoms with van der Waals surface area (Å²) in [7, 11) is 0. The Labute approximate surface area is 141 Å². The van der Waals surface area contributed by atoms with E-state index in [1.54, 1.807) is 0 Å². The van der Waals surface area contributed by atoms with Gasteiger partial charge in [-0.15, -0.1) is 0 Å². The molecule has 0 radical (unpaired) electrons. The van der Waals surface area contributed by atoms with Crippen LogP contribution < -0.4 is 5.56 Å². The number of unbranched alkanes of at least 4 members (excludes halogenated alkanes) is 1. The van der Waals surface area contributed by atoms with Crippen molar-refractivity contribution in [2.75, 3.05) is 0 Å². The summed E-state index contributed by atoms with van der Waals surface area (Å²) >= 11 is 13.6. The van der Waals surface area contributed by atoms with E-state index in [1.807, 2.05) is 24.3 Å². The number of aryl methyl sites for hydroxylation is 1. The summed E-state index contributed by atoms with van der Waals surface area (Å²) in [5, 5.41) is 5.12. The molecule has 7 heteroatoms. The van der Waals surface area contributed by atoms with E-state index in [0.29, 0.717) is 17.2 Å². The number of benzene rings is 1. The van der Waals surface area contributed by atoms with Crippen LogP contribution in [0.1, 0.15) is 25.5 Å². The van der Waals surface area contributed by atoms with E-state index in [2.05, 4.69) is 17.0 Å². The number of rotatable bonds is 4. The van der Waals surface area contributed by atoms with Crippen LogP contribution in [0.3, 0.4) is 0 Å². The van der Waals surface area contributed by atoms with Crippen LogP contribution in [-0.2, 0) is 6.42 Å². The molecule has 0 spiro atoms. The molecule has 0 atom stereocenters. The third-order valence-corrected chi connectivity index (χ3v) is 5.14. The molecule has 0 fully saturated rings. The number of hydrogen-bond donors (Lipinski definition) is 0. The van der Waals surface area contributed by atoms with E-state index < -0.39 is 5.56 Å². The molecule has 2 heterocycles. The Morgan fingerprint density at radius 3 is 2.73 bits per heavy atom. The lowest BCUT2D eigenvalue weighted by molar-refractivity contribution is 0.712. The molecule has 0 saturated heterocycles. The van der Waals surface area contributed by atoms with Gasteiger partial charge in [0.25, 0.3) is 5.56 Å². The first-order valence-corrected chi connectivity index (χ1v) is 8.52. The lowest BCUT2D eigenvalue weighted by Crippen LogP contribution is -2.23. The van der Waals surface area contributed by atoms with Gasteiger partial charge in [-0.3, -0.25) is 4.79 Å². The molecule has 0 N–H and O–H groups in total. The Bertz CT molecular complexity index is 855. The molecule has 0 saturated carbocycles. The van der Waals surface area contributed by atoms with Gasteiger partial charge in [-0.1, -0.05) is 60.0 Å². The molecule has 2 aromatic heterocycles. The molecule has 0 unspecified atom stereocenters. The molecule has 0 amide bonds. The molecule has 22 heavy (non-hydrogen) atoms. The van der Waals surface area contributed by atoms with Crippen LogP contribution in [0.4, 0.5) is 0 Å². The van der Waals surface area contributed by atoms with Crippen molar-refractivity contribution < 1.29 is 0 Å². The van der Waals surface area contributed by atoms with E-state index in [-0.39, 0.29) is 10.0 Å². The normalized spacial score (nSPS) is 11.2. The van der Waals surface area contributed by atoms with Crippen molar-refractivity contribution in [1.29, 1.82) is 0 Å². The zero-order valence-corrected chi connectivity index (χ0v) is 14.2. The predicted molar refractivity (Wildman–Crippen MR) is 91.6 cm³/mol. The quantitative estimate of drug-likeness (QED) is 0.693. The van der Waals surface area contributed by atoms with Crippen molar-refractivity contribution in [2.24, 2.45) is 0 Å². The van der Waals surface area contributed by atoms with Crippen LogP contribution >= 0.6 is 34.5 Å². The summed E-state index contributed by atoms with van der Waals surface area (Å²) in [4.78, 5) is 16.8. The third kappa shape index (κ3) is 2.76. The molecular formula is C15H13Cl2N3OS. The fourth-order valence-electron chi connectivity index (χ4n) is 2.11. The van der Waals surface area contributed by atoms with E-state index >= 15 is 0 Å². The van der Waals surface area contributed by atoms with Crippen LogP contribution in [0.25, 0.3) is 15.3 Å². The van der Waals surface area contributed by atoms with Crippen molar-refractivity contribution in [2.45, 2.75) is 26.2 Å². The minimum absolute atomic E-state index is 0.00188. The summed E-state index contributed by atoms with van der Waals surface area (Å²) in [6.07, 6.45) is 2.62. The molecule has 0 aliphatic rings. The van der Waals surface area contributed by atoms with Crippen molar-refractivity contribution in [3.05, 3.63) is 50.4 Å². The van der Waals surface area contributed by atoms with E-state index in [1.165, 1.54) is 16.0 Å². The Morgan fingerprint density at radius 1 is 1.23 bits per heavy atom. The Kier molecular flexibility index (Phi) is 4.47. The highest BCUT2D eigenvalue weighted by atomic mass is 35.5. The number of para-hydroxylation sites is 1. The van der Waals surface area contributed by atoms with E-state index in [9.17, 15) is 4.79 Å². The summed E-state index contributed by atoms with van der Waals surface area (Å²) in [5.74, 6) is 0. The fourth-order valence-corrected chi connectivity index (χ4v) is 3.43. The van der Waals surface area contributed by atoms with Gasteiger partial charge in [-0.05, 0) is 25.0 Å². The van der Waals surface area contributed by atoms with Gasteiger partial charge in [0.1, 0.15) is 5.02 Å². The van der Waals surface area contributed by atoms with Crippen LogP contribution in [0.15, 0.2) is 29.1 Å². The topological polar surface area (TPSA) is 47.8 Å². The summed E-state index contributed by atoms with van der Waals surface area (Å²) < 4.78 is 2.25. The third-order valence-electron chi connectivity index (χ3n) is 3.28. The molecule has 0 aliphatic carbocycles. The molecule has 3 aromatic rings. The maximum absolute atomic E-state index is 12.3. The first-order chi connectivity index (χ1) is 10.6. The molecule has 0 bridgehead atoms. The van der Waals surface area contributed by atoms with Gasteiger partial charge in [-0.25, -0.2) is 4.98 Å². The number of fused-ring (bicyclic) bond motifs is 1. The monoisotopic (exact) mass is 353 g/mol. The molecule has 4 nitrogen and oxygen atoms in total. The first-order valence-electron chi connectivity index (χ1n) is 6.95. The van der Waals surface area contributed by atoms with Crippen molar-refractivity contribution in [1.82, 2.24) is 14.8 Å². The molecule has 0 aliphatic heterocycles. The summed E-state index contributed by atoms with van der Waals surface area (Å²) in [5.41, 5.74) is 1.02. The number of halogens is 2. The number of aromatic nitrogens is 3. The second-order valence-corrected chi connectivity index (χ2v) is 6.62. The van der Waals surface area contributed by atoms with Crippen molar-refractivity contribution >= 4 is 44.8 Å². The van der Waals surface area contributed by atoms with Crippen LogP contribution in [0.5, 0.6) is 0 Å². The second kappa shape index (κ2) is 6.36. The molecular weight excluding hydrogens is 341 g/mol. The largest absolute Gasteiger partial charge is 0.293 e. The average molecular weight is 354 g/mol. The highest BCUT2D eigenvalue weighted by Gasteiger charge is 2.17. The standard InChI is InChI=1S/C15H13Cl2N3OS/c1-2-3-6-10-12(16)13(17)14(21)20(19-10)15-18-9-7-4-5-8-11(9)22-15/h4-5,7-8H,2-3,6H2,1H3. The highest BCUT2D eigenvalue weighted by Crippen LogP contribution is 2.26. The highest BCUT2D eigenvalue weighted by molar-refractivity contribution is 7.20. The SMILES string of the molecule is CCCCc1nn(-c2nc3ccccc3s2)c(=O)c(Cl)c1Cl. The van der Waals surface area contributed by atoms with E-state index in [0.717, 1.165) is 23.1 Å². The lowest BCUT2D eigenvalue weighted by Gasteiger charge is -2.07. The first kappa shape index (κ1) is 15.5. The number of thiazole rings is 1. The zero-order valence-electron chi connectivity index (χ0n) is 11.8. The van der Waals surface area contributed by atoms with Crippen LogP contribution in [-0.4, -0.2) is 14.8 Å².